The first-order valence-electron chi connectivity index (χ1n) is 23.0. The molecule has 0 aliphatic carbocycles. The van der Waals surface area contributed by atoms with E-state index >= 15 is 0 Å². The Balaban J connectivity index is 2.62. The van der Waals surface area contributed by atoms with E-state index in [-0.39, 0.29) is 17.6 Å². The van der Waals surface area contributed by atoms with Crippen molar-refractivity contribution in [1.82, 2.24) is 0 Å². The maximum absolute atomic E-state index is 13.0. The molecule has 0 spiro atoms. The van der Waals surface area contributed by atoms with Crippen molar-refractivity contribution in [2.75, 3.05) is 6.61 Å². The summed E-state index contributed by atoms with van der Waals surface area (Å²) in [5.74, 6) is -2.30. The summed E-state index contributed by atoms with van der Waals surface area (Å²) in [6.45, 7) is 12.5. The molecular formula is C54H78O10. The summed E-state index contributed by atoms with van der Waals surface area (Å²) in [7, 11) is 0. The maximum Gasteiger partial charge on any atom is 0.336 e. The van der Waals surface area contributed by atoms with Crippen molar-refractivity contribution in [3.8, 4) is 0 Å². The number of carboxylic acid groups (broad SMARTS) is 1. The van der Waals surface area contributed by atoms with Crippen LogP contribution in [0.3, 0.4) is 0 Å². The quantitative estimate of drug-likeness (QED) is 0.0180. The summed E-state index contributed by atoms with van der Waals surface area (Å²) in [5, 5.41) is 39.9. The standard InChI is InChI=1S/C54H78O10/c1-8-9-10-11-12-13-14-15-16-17-18-19-20-21-22-39-48(56)63-51-50(58)49(57)47(40-55)62-54(51)64-53(61)46(7)38-28-36-44(5)34-26-32-42(3)30-24-23-29-41(2)31-25-33-43(4)35-27-37-45(6)52(59)60/h13-14,23-38,47,49-51,54-55,57-58H,8-12,15-22,39-40H2,1-7H3,(H,59,60)/b14-13-,24-23+,31-25+,32-26+,35-27+,36-28+,41-29+,42-30+,43-33+,44-34+,45-37+,46-38+/t47-,49-,50+,51-,54+/m1/s1. The van der Waals surface area contributed by atoms with Crippen molar-refractivity contribution in [3.63, 3.8) is 0 Å². The third-order valence-electron chi connectivity index (χ3n) is 10.3. The van der Waals surface area contributed by atoms with Crippen LogP contribution in [0.1, 0.15) is 138 Å². The van der Waals surface area contributed by atoms with Crippen molar-refractivity contribution in [1.29, 1.82) is 0 Å². The van der Waals surface area contributed by atoms with E-state index in [0.717, 1.165) is 54.4 Å². The summed E-state index contributed by atoms with van der Waals surface area (Å²) in [4.78, 5) is 36.7. The molecule has 0 saturated carbocycles. The normalized spacial score (nSPS) is 21.2. The Labute approximate surface area is 384 Å². The summed E-state index contributed by atoms with van der Waals surface area (Å²) in [6.07, 6.45) is 41.7. The van der Waals surface area contributed by atoms with Crippen LogP contribution in [0.25, 0.3) is 0 Å². The summed E-state index contributed by atoms with van der Waals surface area (Å²) < 4.78 is 16.6. The highest BCUT2D eigenvalue weighted by Crippen LogP contribution is 2.26. The van der Waals surface area contributed by atoms with E-state index in [1.807, 2.05) is 101 Å². The van der Waals surface area contributed by atoms with Gasteiger partial charge in [0.15, 0.2) is 6.10 Å². The average molecular weight is 887 g/mol. The fourth-order valence-electron chi connectivity index (χ4n) is 6.19. The van der Waals surface area contributed by atoms with Gasteiger partial charge in [0, 0.05) is 17.6 Å². The van der Waals surface area contributed by atoms with Gasteiger partial charge in [-0.2, -0.15) is 0 Å². The zero-order chi connectivity index (χ0) is 47.5. The molecular weight excluding hydrogens is 809 g/mol. The zero-order valence-electron chi connectivity index (χ0n) is 39.6. The third kappa shape index (κ3) is 27.3. The van der Waals surface area contributed by atoms with Gasteiger partial charge in [-0.1, -0.05) is 190 Å². The summed E-state index contributed by atoms with van der Waals surface area (Å²) >= 11 is 0. The number of carboxylic acids is 1. The molecule has 0 amide bonds. The Kier molecular flexibility index (Phi) is 31.7. The van der Waals surface area contributed by atoms with Crippen molar-refractivity contribution in [2.45, 2.75) is 169 Å². The number of carbonyl (C=O) groups excluding carboxylic acids is 2. The molecule has 0 bridgehead atoms. The van der Waals surface area contributed by atoms with E-state index in [2.05, 4.69) is 19.1 Å². The molecule has 5 atom stereocenters. The highest BCUT2D eigenvalue weighted by Gasteiger charge is 2.48. The van der Waals surface area contributed by atoms with E-state index in [9.17, 15) is 29.7 Å². The van der Waals surface area contributed by atoms with Gasteiger partial charge in [0.2, 0.25) is 6.29 Å². The lowest BCUT2D eigenvalue weighted by molar-refractivity contribution is -0.295. The first-order valence-corrected chi connectivity index (χ1v) is 23.0. The van der Waals surface area contributed by atoms with E-state index in [0.29, 0.717) is 6.42 Å². The first-order chi connectivity index (χ1) is 30.7. The molecule has 10 nitrogen and oxygen atoms in total. The molecule has 1 rings (SSSR count). The van der Waals surface area contributed by atoms with Crippen LogP contribution in [0.2, 0.25) is 0 Å². The van der Waals surface area contributed by atoms with Gasteiger partial charge in [-0.05, 0) is 73.6 Å². The van der Waals surface area contributed by atoms with E-state index < -0.39 is 55.2 Å². The average Bonchev–Trinajstić information content (AvgIpc) is 3.26. The number of hydrogen-bond donors (Lipinski definition) is 4. The molecule has 10 heteroatoms. The Hall–Kier alpha value is -4.87. The van der Waals surface area contributed by atoms with Crippen molar-refractivity contribution in [2.24, 2.45) is 0 Å². The van der Waals surface area contributed by atoms with Crippen LogP contribution in [0, 0.1) is 0 Å². The van der Waals surface area contributed by atoms with Gasteiger partial charge in [-0.3, -0.25) is 4.79 Å². The molecule has 1 heterocycles. The Bertz CT molecular complexity index is 1780. The van der Waals surface area contributed by atoms with Gasteiger partial charge in [-0.15, -0.1) is 0 Å². The number of ether oxygens (including phenoxy) is 3. The van der Waals surface area contributed by atoms with Crippen molar-refractivity contribution in [3.05, 3.63) is 143 Å². The molecule has 4 N–H and O–H groups in total. The smallest absolute Gasteiger partial charge is 0.336 e. The lowest BCUT2D eigenvalue weighted by Crippen LogP contribution is -2.60. The number of esters is 2. The fourth-order valence-corrected chi connectivity index (χ4v) is 6.19. The topological polar surface area (TPSA) is 160 Å². The first kappa shape index (κ1) is 57.1. The Morgan fingerprint density at radius 1 is 0.547 bits per heavy atom. The van der Waals surface area contributed by atoms with E-state index in [1.54, 1.807) is 38.2 Å². The van der Waals surface area contributed by atoms with Crippen LogP contribution >= 0.6 is 0 Å². The molecule has 0 unspecified atom stereocenters. The van der Waals surface area contributed by atoms with Gasteiger partial charge in [0.1, 0.15) is 18.3 Å². The largest absolute Gasteiger partial charge is 0.478 e. The molecule has 0 radical (unpaired) electrons. The van der Waals surface area contributed by atoms with Crippen LogP contribution in [-0.4, -0.2) is 75.6 Å². The highest BCUT2D eigenvalue weighted by molar-refractivity contribution is 5.88. The molecule has 1 aliphatic rings. The van der Waals surface area contributed by atoms with Gasteiger partial charge in [0.05, 0.1) is 6.61 Å². The van der Waals surface area contributed by atoms with Crippen molar-refractivity contribution < 1.29 is 49.0 Å². The minimum atomic E-state index is -1.63. The number of carbonyl (C=O) groups is 3. The fraction of sp³-hybridized carbons (Fsp3) is 0.500. The Morgan fingerprint density at radius 2 is 0.984 bits per heavy atom. The second-order valence-corrected chi connectivity index (χ2v) is 16.4. The predicted octanol–water partition coefficient (Wildman–Crippen LogP) is 11.5. The predicted molar refractivity (Wildman–Crippen MR) is 259 cm³/mol. The highest BCUT2D eigenvalue weighted by atomic mass is 16.7. The monoisotopic (exact) mass is 887 g/mol. The van der Waals surface area contributed by atoms with Gasteiger partial charge in [0.25, 0.3) is 0 Å². The second kappa shape index (κ2) is 35.5. The lowest BCUT2D eigenvalue weighted by Gasteiger charge is -2.40. The zero-order valence-corrected chi connectivity index (χ0v) is 39.6. The molecule has 354 valence electrons. The molecule has 64 heavy (non-hydrogen) atoms. The molecule has 0 aromatic heterocycles. The van der Waals surface area contributed by atoms with Gasteiger partial charge < -0.3 is 34.6 Å². The molecule has 0 aromatic carbocycles. The summed E-state index contributed by atoms with van der Waals surface area (Å²) in [6, 6.07) is 0. The number of aliphatic hydroxyl groups is 3. The van der Waals surface area contributed by atoms with Crippen LogP contribution < -0.4 is 0 Å². The van der Waals surface area contributed by atoms with Gasteiger partial charge >= 0.3 is 17.9 Å². The lowest BCUT2D eigenvalue weighted by atomic mass is 9.99. The minimum Gasteiger partial charge on any atom is -0.478 e. The summed E-state index contributed by atoms with van der Waals surface area (Å²) in [5.41, 5.74) is 4.52. The Morgan fingerprint density at radius 3 is 1.47 bits per heavy atom. The van der Waals surface area contributed by atoms with Crippen LogP contribution in [0.15, 0.2) is 143 Å². The van der Waals surface area contributed by atoms with E-state index in [1.165, 1.54) is 44.9 Å². The molecule has 0 aromatic rings. The maximum atomic E-state index is 13.0. The van der Waals surface area contributed by atoms with Crippen LogP contribution in [0.5, 0.6) is 0 Å². The van der Waals surface area contributed by atoms with Crippen molar-refractivity contribution >= 4 is 17.9 Å². The van der Waals surface area contributed by atoms with Crippen LogP contribution in [-0.2, 0) is 28.6 Å². The number of rotatable bonds is 30. The molecule has 1 fully saturated rings. The number of aliphatic carboxylic acids is 1. The number of hydrogen-bond acceptors (Lipinski definition) is 9. The number of allylic oxidation sites excluding steroid dienone is 22. The second-order valence-electron chi connectivity index (χ2n) is 16.4. The van der Waals surface area contributed by atoms with Gasteiger partial charge in [-0.25, -0.2) is 9.59 Å². The van der Waals surface area contributed by atoms with E-state index in [4.69, 9.17) is 19.3 Å². The molecule has 1 aliphatic heterocycles. The number of unbranched alkanes of at least 4 members (excludes halogenated alkanes) is 11. The third-order valence-corrected chi connectivity index (χ3v) is 10.3. The van der Waals surface area contributed by atoms with Crippen LogP contribution in [0.4, 0.5) is 0 Å². The number of aliphatic hydroxyl groups excluding tert-OH is 3. The SMILES string of the molecule is CCCCCC/C=C\CCCCCCCCCC(=O)O[C@H]1[C@H](OC(=O)/C(C)=C/C=C/C(C)=C/C=C/C(C)=C/C=C/C=C(C)/C=C/C=C(C)/C=C/C=C(\C)C(=O)O)O[C@H](CO)[C@@H](O)[C@@H]1O. The molecule has 1 saturated heterocycles. The minimum absolute atomic E-state index is 0.110.